The van der Waals surface area contributed by atoms with Gasteiger partial charge in [-0.15, -0.1) is 0 Å². The maximum atomic E-state index is 8.31. The lowest BCUT2D eigenvalue weighted by Crippen LogP contribution is -2.31. The molecule has 0 spiro atoms. The molecule has 1 aliphatic heterocycles. The number of aromatic nitrogens is 2. The molecule has 8 aromatic rings. The summed E-state index contributed by atoms with van der Waals surface area (Å²) in [6, 6.07) is 57.3. The van der Waals surface area contributed by atoms with Crippen LogP contribution in [0.25, 0.3) is 27.6 Å². The molecular formula is C45H36N4. The van der Waals surface area contributed by atoms with Crippen molar-refractivity contribution in [1.82, 2.24) is 9.55 Å². The standard InChI is InChI=1S/C45H36N4/c1-32-26-27-46-44(28-32)49-40-21-10-9-20-38(40)39-25-24-36(30-43(39)49)45(33-14-5-3-6-15-33,34-16-7-4-8-17-34)35-18-13-19-37(29-35)48-31-47(2)41-22-11-12-23-42(41)48/h3-30H,31H2,1-2H3/i2D3. The van der Waals surface area contributed by atoms with Gasteiger partial charge in [-0.3, -0.25) is 4.57 Å². The van der Waals surface area contributed by atoms with Crippen LogP contribution in [0.2, 0.25) is 0 Å². The highest BCUT2D eigenvalue weighted by molar-refractivity contribution is 6.09. The number of hydrogen-bond donors (Lipinski definition) is 0. The summed E-state index contributed by atoms with van der Waals surface area (Å²) in [5, 5.41) is 2.33. The van der Waals surface area contributed by atoms with Crippen LogP contribution in [-0.4, -0.2) is 23.2 Å². The predicted molar refractivity (Wildman–Crippen MR) is 203 cm³/mol. The van der Waals surface area contributed by atoms with Crippen LogP contribution < -0.4 is 9.80 Å². The second-order valence-electron chi connectivity index (χ2n) is 12.8. The number of aryl methyl sites for hydroxylation is 1. The molecule has 3 heterocycles. The molecule has 4 nitrogen and oxygen atoms in total. The van der Waals surface area contributed by atoms with Crippen LogP contribution in [0.3, 0.4) is 0 Å². The van der Waals surface area contributed by atoms with Gasteiger partial charge in [0.05, 0.1) is 34.5 Å². The molecule has 0 fully saturated rings. The van der Waals surface area contributed by atoms with Gasteiger partial charge in [-0.1, -0.05) is 115 Å². The Balaban J connectivity index is 1.34. The average Bonchev–Trinajstić information content (AvgIpc) is 3.73. The van der Waals surface area contributed by atoms with Crippen molar-refractivity contribution >= 4 is 38.9 Å². The van der Waals surface area contributed by atoms with E-state index in [1.54, 1.807) is 0 Å². The van der Waals surface area contributed by atoms with Gasteiger partial charge in [0.15, 0.2) is 0 Å². The zero-order valence-electron chi connectivity index (χ0n) is 30.2. The van der Waals surface area contributed by atoms with E-state index in [9.17, 15) is 0 Å². The van der Waals surface area contributed by atoms with E-state index >= 15 is 0 Å². The number of rotatable bonds is 6. The van der Waals surface area contributed by atoms with Crippen LogP contribution in [0.1, 0.15) is 31.9 Å². The first kappa shape index (κ1) is 25.9. The van der Waals surface area contributed by atoms with E-state index in [4.69, 9.17) is 9.10 Å². The number of hydrogen-bond acceptors (Lipinski definition) is 3. The van der Waals surface area contributed by atoms with E-state index in [-0.39, 0.29) is 6.67 Å². The molecule has 0 N–H and O–H groups in total. The molecule has 0 saturated heterocycles. The molecule has 0 saturated carbocycles. The molecule has 0 atom stereocenters. The number of anilines is 3. The highest BCUT2D eigenvalue weighted by Gasteiger charge is 2.39. The first-order valence-electron chi connectivity index (χ1n) is 18.2. The molecule has 0 amide bonds. The van der Waals surface area contributed by atoms with Gasteiger partial charge in [-0.05, 0) is 83.3 Å². The lowest BCUT2D eigenvalue weighted by molar-refractivity contribution is 0.745. The van der Waals surface area contributed by atoms with E-state index in [1.165, 1.54) is 10.3 Å². The SMILES string of the molecule is [2H]C([2H])([2H])N1CN(c2cccc(C(c3ccccc3)(c3ccccc3)c3ccc4c5ccccc5n(-c5cc(C)ccn5)c4c3)c2)c2ccccc21. The number of nitrogens with zero attached hydrogens (tertiary/aromatic N) is 4. The molecule has 49 heavy (non-hydrogen) atoms. The van der Waals surface area contributed by atoms with Crippen LogP contribution >= 0.6 is 0 Å². The zero-order chi connectivity index (χ0) is 35.5. The van der Waals surface area contributed by atoms with Gasteiger partial charge < -0.3 is 9.80 Å². The van der Waals surface area contributed by atoms with Gasteiger partial charge in [0.1, 0.15) is 5.82 Å². The largest absolute Gasteiger partial charge is 0.355 e. The molecule has 0 bridgehead atoms. The van der Waals surface area contributed by atoms with E-state index in [0.29, 0.717) is 5.69 Å². The maximum absolute atomic E-state index is 8.31. The minimum atomic E-state index is -2.28. The minimum absolute atomic E-state index is 0.221. The Labute approximate surface area is 291 Å². The molecule has 0 unspecified atom stereocenters. The van der Waals surface area contributed by atoms with Gasteiger partial charge >= 0.3 is 0 Å². The summed E-state index contributed by atoms with van der Waals surface area (Å²) in [6.07, 6.45) is 1.88. The summed E-state index contributed by atoms with van der Waals surface area (Å²) < 4.78 is 27.2. The minimum Gasteiger partial charge on any atom is -0.355 e. The summed E-state index contributed by atoms with van der Waals surface area (Å²) in [4.78, 5) is 8.47. The summed E-state index contributed by atoms with van der Waals surface area (Å²) >= 11 is 0. The Hall–Kier alpha value is -6.13. The fourth-order valence-corrected chi connectivity index (χ4v) is 7.81. The van der Waals surface area contributed by atoms with Gasteiger partial charge in [0, 0.05) is 33.7 Å². The summed E-state index contributed by atoms with van der Waals surface area (Å²) in [5.41, 5.74) is 9.51. The van der Waals surface area contributed by atoms with E-state index in [0.717, 1.165) is 61.4 Å². The van der Waals surface area contributed by atoms with E-state index < -0.39 is 12.4 Å². The number of pyridine rings is 1. The van der Waals surface area contributed by atoms with Crippen LogP contribution in [-0.2, 0) is 5.41 Å². The highest BCUT2D eigenvalue weighted by atomic mass is 15.4. The van der Waals surface area contributed by atoms with Crippen molar-refractivity contribution in [3.05, 3.63) is 198 Å². The fourth-order valence-electron chi connectivity index (χ4n) is 7.81. The average molecular weight is 636 g/mol. The summed E-state index contributed by atoms with van der Waals surface area (Å²) in [7, 11) is 0. The van der Waals surface area contributed by atoms with Gasteiger partial charge in [0.2, 0.25) is 0 Å². The maximum Gasteiger partial charge on any atom is 0.137 e. The third kappa shape index (κ3) is 4.56. The second-order valence-corrected chi connectivity index (χ2v) is 12.8. The normalized spacial score (nSPS) is 14.1. The monoisotopic (exact) mass is 635 g/mol. The Bertz CT molecular complexity index is 2540. The lowest BCUT2D eigenvalue weighted by atomic mass is 9.65. The van der Waals surface area contributed by atoms with E-state index in [2.05, 4.69) is 150 Å². The van der Waals surface area contributed by atoms with Crippen molar-refractivity contribution < 1.29 is 4.11 Å². The smallest absolute Gasteiger partial charge is 0.137 e. The van der Waals surface area contributed by atoms with Gasteiger partial charge in [-0.25, -0.2) is 4.98 Å². The first-order valence-corrected chi connectivity index (χ1v) is 16.7. The molecule has 9 rings (SSSR count). The molecule has 4 heteroatoms. The Kier molecular flexibility index (Phi) is 6.10. The molecule has 1 aliphatic rings. The number of para-hydroxylation sites is 3. The molecule has 6 aromatic carbocycles. The topological polar surface area (TPSA) is 24.3 Å². The molecule has 236 valence electrons. The van der Waals surface area contributed by atoms with Crippen molar-refractivity contribution in [2.45, 2.75) is 12.3 Å². The summed E-state index contributed by atoms with van der Waals surface area (Å²) in [6.45, 7) is 0.0439. The third-order valence-electron chi connectivity index (χ3n) is 9.99. The Morgan fingerprint density at radius 3 is 1.98 bits per heavy atom. The van der Waals surface area contributed by atoms with Crippen LogP contribution in [0, 0.1) is 6.92 Å². The quantitative estimate of drug-likeness (QED) is 0.170. The van der Waals surface area contributed by atoms with Crippen molar-refractivity contribution in [2.75, 3.05) is 23.4 Å². The van der Waals surface area contributed by atoms with Gasteiger partial charge in [-0.2, -0.15) is 0 Å². The van der Waals surface area contributed by atoms with E-state index in [1.807, 2.05) is 36.5 Å². The summed E-state index contributed by atoms with van der Waals surface area (Å²) in [5.74, 6) is 0.877. The fraction of sp³-hybridized carbons (Fsp3) is 0.0889. The van der Waals surface area contributed by atoms with Crippen molar-refractivity contribution in [1.29, 1.82) is 0 Å². The van der Waals surface area contributed by atoms with Gasteiger partial charge in [0.25, 0.3) is 0 Å². The highest BCUT2D eigenvalue weighted by Crippen LogP contribution is 2.48. The Morgan fingerprint density at radius 2 is 1.22 bits per heavy atom. The Morgan fingerprint density at radius 1 is 0.571 bits per heavy atom. The van der Waals surface area contributed by atoms with Crippen LogP contribution in [0.15, 0.2) is 170 Å². The van der Waals surface area contributed by atoms with Crippen molar-refractivity contribution in [3.63, 3.8) is 0 Å². The predicted octanol–water partition coefficient (Wildman–Crippen LogP) is 10.4. The molecule has 0 aliphatic carbocycles. The van der Waals surface area contributed by atoms with Crippen LogP contribution in [0.5, 0.6) is 0 Å². The zero-order valence-corrected chi connectivity index (χ0v) is 27.2. The third-order valence-corrected chi connectivity index (χ3v) is 9.99. The second kappa shape index (κ2) is 11.5. The molecular weight excluding hydrogens is 597 g/mol. The van der Waals surface area contributed by atoms with Crippen LogP contribution in [0.4, 0.5) is 17.1 Å². The van der Waals surface area contributed by atoms with Crippen molar-refractivity contribution in [3.8, 4) is 5.82 Å². The molecule has 0 radical (unpaired) electrons. The molecule has 2 aromatic heterocycles. The first-order chi connectivity index (χ1) is 25.3. The van der Waals surface area contributed by atoms with Crippen molar-refractivity contribution in [2.24, 2.45) is 0 Å². The number of fused-ring (bicyclic) bond motifs is 4. The lowest BCUT2D eigenvalue weighted by Gasteiger charge is -2.37. The number of benzene rings is 6.